The molecule has 2 heteroatoms. The summed E-state index contributed by atoms with van der Waals surface area (Å²) in [5, 5.41) is 2.10. The lowest BCUT2D eigenvalue weighted by atomic mass is 10.0. The molecule has 66 valence electrons. The Kier molecular flexibility index (Phi) is 1.77. The Bertz CT molecular complexity index is 263. The molecule has 1 aliphatic carbocycles. The van der Waals surface area contributed by atoms with E-state index in [1.807, 2.05) is 0 Å². The van der Waals surface area contributed by atoms with Gasteiger partial charge in [0.25, 0.3) is 0 Å². The second-order valence-corrected chi connectivity index (χ2v) is 5.32. The fourth-order valence-corrected chi connectivity index (χ4v) is 2.59. The first-order valence-electron chi connectivity index (χ1n) is 4.40. The maximum absolute atomic E-state index is 6.13. The molecule has 1 aromatic rings. The number of hydrogen-bond acceptors (Lipinski definition) is 2. The van der Waals surface area contributed by atoms with Crippen LogP contribution < -0.4 is 5.73 Å². The van der Waals surface area contributed by atoms with E-state index in [1.165, 1.54) is 11.3 Å². The molecule has 12 heavy (non-hydrogen) atoms. The Morgan fingerprint density at radius 2 is 2.33 bits per heavy atom. The van der Waals surface area contributed by atoms with E-state index in [0.717, 1.165) is 0 Å². The zero-order valence-corrected chi connectivity index (χ0v) is 8.40. The van der Waals surface area contributed by atoms with E-state index in [-0.39, 0.29) is 6.04 Å². The summed E-state index contributed by atoms with van der Waals surface area (Å²) in [4.78, 5) is 1.34. The standard InChI is InChI=1S/C10H15NS/c1-10(2)6-7(10)9(11)8-4-3-5-12-8/h3-5,7,9H,6,11H2,1-2H3. The van der Waals surface area contributed by atoms with Gasteiger partial charge in [-0.15, -0.1) is 11.3 Å². The van der Waals surface area contributed by atoms with Crippen LogP contribution >= 0.6 is 11.3 Å². The Morgan fingerprint density at radius 3 is 2.75 bits per heavy atom. The zero-order valence-electron chi connectivity index (χ0n) is 7.58. The van der Waals surface area contributed by atoms with Crippen molar-refractivity contribution in [3.8, 4) is 0 Å². The monoisotopic (exact) mass is 181 g/mol. The molecule has 1 saturated carbocycles. The minimum atomic E-state index is 0.278. The molecule has 1 aromatic heterocycles. The zero-order chi connectivity index (χ0) is 8.77. The highest BCUT2D eigenvalue weighted by Gasteiger charge is 2.49. The maximum atomic E-state index is 6.13. The van der Waals surface area contributed by atoms with Crippen molar-refractivity contribution in [1.82, 2.24) is 0 Å². The lowest BCUT2D eigenvalue weighted by molar-refractivity contribution is 0.496. The summed E-state index contributed by atoms with van der Waals surface area (Å²) < 4.78 is 0. The average molecular weight is 181 g/mol. The van der Waals surface area contributed by atoms with E-state index in [2.05, 4.69) is 31.4 Å². The van der Waals surface area contributed by atoms with Crippen LogP contribution in [0.1, 0.15) is 31.2 Å². The number of thiophene rings is 1. The first-order valence-corrected chi connectivity index (χ1v) is 5.28. The summed E-state index contributed by atoms with van der Waals surface area (Å²) in [5.74, 6) is 0.705. The third-order valence-electron chi connectivity index (χ3n) is 2.89. The molecule has 0 spiro atoms. The smallest absolute Gasteiger partial charge is 0.0423 e. The van der Waals surface area contributed by atoms with E-state index < -0.39 is 0 Å². The summed E-state index contributed by atoms with van der Waals surface area (Å²) in [6.07, 6.45) is 1.28. The van der Waals surface area contributed by atoms with Crippen molar-refractivity contribution in [2.75, 3.05) is 0 Å². The number of nitrogens with two attached hydrogens (primary N) is 1. The van der Waals surface area contributed by atoms with Crippen molar-refractivity contribution >= 4 is 11.3 Å². The molecule has 0 bridgehead atoms. The van der Waals surface area contributed by atoms with E-state index in [1.54, 1.807) is 11.3 Å². The molecule has 1 aliphatic rings. The van der Waals surface area contributed by atoms with Crippen LogP contribution in [0.15, 0.2) is 17.5 Å². The predicted octanol–water partition coefficient (Wildman–Crippen LogP) is 2.79. The van der Waals surface area contributed by atoms with Crippen molar-refractivity contribution in [2.45, 2.75) is 26.3 Å². The van der Waals surface area contributed by atoms with Gasteiger partial charge in [-0.25, -0.2) is 0 Å². The lowest BCUT2D eigenvalue weighted by Crippen LogP contribution is -2.13. The van der Waals surface area contributed by atoms with Crippen LogP contribution in [0.4, 0.5) is 0 Å². The third kappa shape index (κ3) is 1.29. The molecule has 0 aromatic carbocycles. The topological polar surface area (TPSA) is 26.0 Å². The van der Waals surface area contributed by atoms with E-state index in [4.69, 9.17) is 5.73 Å². The van der Waals surface area contributed by atoms with Crippen molar-refractivity contribution < 1.29 is 0 Å². The molecule has 0 aliphatic heterocycles. The van der Waals surface area contributed by atoms with Gasteiger partial charge in [-0.1, -0.05) is 19.9 Å². The predicted molar refractivity (Wildman–Crippen MR) is 53.1 cm³/mol. The molecule has 2 N–H and O–H groups in total. The summed E-state index contributed by atoms with van der Waals surface area (Å²) in [5.41, 5.74) is 6.62. The number of hydrogen-bond donors (Lipinski definition) is 1. The van der Waals surface area contributed by atoms with Gasteiger partial charge in [0.05, 0.1) is 0 Å². The summed E-state index contributed by atoms with van der Waals surface area (Å²) in [6.45, 7) is 4.59. The highest BCUT2D eigenvalue weighted by Crippen LogP contribution is 2.57. The van der Waals surface area contributed by atoms with Gasteiger partial charge < -0.3 is 5.73 Å². The molecule has 2 atom stereocenters. The quantitative estimate of drug-likeness (QED) is 0.746. The van der Waals surface area contributed by atoms with Crippen molar-refractivity contribution in [3.05, 3.63) is 22.4 Å². The fraction of sp³-hybridized carbons (Fsp3) is 0.600. The van der Waals surface area contributed by atoms with Crippen LogP contribution in [0.3, 0.4) is 0 Å². The van der Waals surface area contributed by atoms with Crippen LogP contribution in [0.2, 0.25) is 0 Å². The highest BCUT2D eigenvalue weighted by atomic mass is 32.1. The van der Waals surface area contributed by atoms with Crippen molar-refractivity contribution in [3.63, 3.8) is 0 Å². The van der Waals surface area contributed by atoms with Gasteiger partial charge in [-0.2, -0.15) is 0 Å². The highest BCUT2D eigenvalue weighted by molar-refractivity contribution is 7.10. The summed E-state index contributed by atoms with van der Waals surface area (Å²) >= 11 is 1.78. The Hall–Kier alpha value is -0.340. The van der Waals surface area contributed by atoms with Gasteiger partial charge in [0.15, 0.2) is 0 Å². The molecule has 0 amide bonds. The second kappa shape index (κ2) is 2.57. The maximum Gasteiger partial charge on any atom is 0.0423 e. The first kappa shape index (κ1) is 8.27. The lowest BCUT2D eigenvalue weighted by Gasteiger charge is -2.10. The van der Waals surface area contributed by atoms with Gasteiger partial charge >= 0.3 is 0 Å². The van der Waals surface area contributed by atoms with Gasteiger partial charge in [0.2, 0.25) is 0 Å². The Labute approximate surface area is 77.6 Å². The van der Waals surface area contributed by atoms with Crippen LogP contribution in [0, 0.1) is 11.3 Å². The minimum absolute atomic E-state index is 0.278. The van der Waals surface area contributed by atoms with Crippen LogP contribution in [-0.4, -0.2) is 0 Å². The van der Waals surface area contributed by atoms with Gasteiger partial charge in [-0.05, 0) is 29.2 Å². The largest absolute Gasteiger partial charge is 0.323 e. The van der Waals surface area contributed by atoms with E-state index in [9.17, 15) is 0 Å². The molecular formula is C10H15NS. The van der Waals surface area contributed by atoms with E-state index in [0.29, 0.717) is 11.3 Å². The van der Waals surface area contributed by atoms with Crippen molar-refractivity contribution in [2.24, 2.45) is 17.1 Å². The Balaban J connectivity index is 2.08. The SMILES string of the molecule is CC1(C)CC1C(N)c1cccs1. The van der Waals surface area contributed by atoms with Crippen LogP contribution in [-0.2, 0) is 0 Å². The molecule has 2 rings (SSSR count). The first-order chi connectivity index (χ1) is 5.61. The normalized spacial score (nSPS) is 28.4. The molecule has 2 unspecified atom stereocenters. The second-order valence-electron chi connectivity index (χ2n) is 4.34. The van der Waals surface area contributed by atoms with Crippen LogP contribution in [0.25, 0.3) is 0 Å². The minimum Gasteiger partial charge on any atom is -0.323 e. The average Bonchev–Trinajstić information content (AvgIpc) is 2.56. The van der Waals surface area contributed by atoms with Gasteiger partial charge in [0.1, 0.15) is 0 Å². The fourth-order valence-electron chi connectivity index (χ4n) is 1.80. The molecule has 1 heterocycles. The summed E-state index contributed by atoms with van der Waals surface area (Å²) in [6, 6.07) is 4.50. The van der Waals surface area contributed by atoms with E-state index >= 15 is 0 Å². The molecule has 0 radical (unpaired) electrons. The molecule has 0 saturated heterocycles. The summed E-state index contributed by atoms with van der Waals surface area (Å²) in [7, 11) is 0. The molecule has 1 fully saturated rings. The number of rotatable bonds is 2. The molecule has 1 nitrogen and oxygen atoms in total. The van der Waals surface area contributed by atoms with Gasteiger partial charge in [-0.3, -0.25) is 0 Å². The third-order valence-corrected chi connectivity index (χ3v) is 3.87. The molecular weight excluding hydrogens is 166 g/mol. The van der Waals surface area contributed by atoms with Gasteiger partial charge in [0, 0.05) is 10.9 Å². The van der Waals surface area contributed by atoms with Crippen LogP contribution in [0.5, 0.6) is 0 Å². The van der Waals surface area contributed by atoms with Crippen molar-refractivity contribution in [1.29, 1.82) is 0 Å². The Morgan fingerprint density at radius 1 is 1.67 bits per heavy atom.